The van der Waals surface area contributed by atoms with Crippen LogP contribution in [0.5, 0.6) is 11.5 Å². The van der Waals surface area contributed by atoms with Crippen LogP contribution in [-0.2, 0) is 11.2 Å². The monoisotopic (exact) mass is 389 g/mol. The van der Waals surface area contributed by atoms with Gasteiger partial charge in [0.15, 0.2) is 0 Å². The normalized spacial score (nSPS) is 16.2. The van der Waals surface area contributed by atoms with Gasteiger partial charge in [0.1, 0.15) is 11.5 Å². The number of hydrogen-bond donors (Lipinski definition) is 3. The number of amides is 1. The average Bonchev–Trinajstić information content (AvgIpc) is 3.06. The zero-order chi connectivity index (χ0) is 19.4. The maximum absolute atomic E-state index is 12.3. The Labute approximate surface area is 163 Å². The van der Waals surface area contributed by atoms with Crippen molar-refractivity contribution in [2.24, 2.45) is 0 Å². The molecule has 0 fully saturated rings. The van der Waals surface area contributed by atoms with E-state index in [-0.39, 0.29) is 18.2 Å². The summed E-state index contributed by atoms with van der Waals surface area (Å²) in [5, 5.41) is 22.7. The molecule has 0 aliphatic carbocycles. The molecule has 0 unspecified atom stereocenters. The van der Waals surface area contributed by atoms with Crippen LogP contribution in [0, 0.1) is 0 Å². The molecule has 0 saturated carbocycles. The quantitative estimate of drug-likeness (QED) is 0.630. The lowest BCUT2D eigenvalue weighted by atomic mass is 9.73. The highest BCUT2D eigenvalue weighted by atomic mass is 35.5. The van der Waals surface area contributed by atoms with Crippen LogP contribution in [0.15, 0.2) is 42.5 Å². The molecule has 0 saturated heterocycles. The third-order valence-corrected chi connectivity index (χ3v) is 4.93. The molecule has 2 atom stereocenters. The molecule has 1 amide bonds. The van der Waals surface area contributed by atoms with Crippen molar-refractivity contribution in [3.05, 3.63) is 58.6 Å². The van der Waals surface area contributed by atoms with E-state index in [4.69, 9.17) is 21.1 Å². The number of carbonyl (C=O) groups excluding carboxylic acids is 1. The van der Waals surface area contributed by atoms with Gasteiger partial charge in [-0.25, -0.2) is 0 Å². The zero-order valence-electron chi connectivity index (χ0n) is 14.9. The number of rotatable bonds is 7. The van der Waals surface area contributed by atoms with E-state index in [1.165, 1.54) is 0 Å². The molecule has 2 aromatic rings. The Hall–Kier alpha value is -2.22. The van der Waals surface area contributed by atoms with Gasteiger partial charge in [-0.15, -0.1) is 0 Å². The van der Waals surface area contributed by atoms with Gasteiger partial charge in [0.25, 0.3) is 0 Å². The third kappa shape index (κ3) is 4.74. The lowest BCUT2D eigenvalue weighted by Gasteiger charge is -2.21. The molecule has 6 nitrogen and oxygen atoms in total. The van der Waals surface area contributed by atoms with Crippen molar-refractivity contribution in [1.82, 2.24) is 5.32 Å². The SMILES string of the molecule is COc1ccc(CC(=O)N[C@H](C[C@@H]2COc3c(Cl)cccc32)B(O)O)cc1. The van der Waals surface area contributed by atoms with E-state index < -0.39 is 13.1 Å². The van der Waals surface area contributed by atoms with Crippen LogP contribution < -0.4 is 14.8 Å². The van der Waals surface area contributed by atoms with Crippen LogP contribution in [0.2, 0.25) is 5.02 Å². The first kappa shape index (κ1) is 19.5. The molecule has 3 N–H and O–H groups in total. The van der Waals surface area contributed by atoms with Crippen molar-refractivity contribution < 1.29 is 24.3 Å². The van der Waals surface area contributed by atoms with Gasteiger partial charge >= 0.3 is 7.12 Å². The number of nitrogens with one attached hydrogen (secondary N) is 1. The van der Waals surface area contributed by atoms with Crippen molar-refractivity contribution in [3.8, 4) is 11.5 Å². The van der Waals surface area contributed by atoms with Crippen molar-refractivity contribution in [1.29, 1.82) is 0 Å². The Bertz CT molecular complexity index is 799. The number of para-hydroxylation sites is 1. The van der Waals surface area contributed by atoms with Crippen LogP contribution in [0.4, 0.5) is 0 Å². The first-order valence-corrected chi connectivity index (χ1v) is 9.05. The Morgan fingerprint density at radius 2 is 2.07 bits per heavy atom. The highest BCUT2D eigenvalue weighted by molar-refractivity contribution is 6.43. The van der Waals surface area contributed by atoms with Crippen LogP contribution in [-0.4, -0.2) is 42.7 Å². The fourth-order valence-corrected chi connectivity index (χ4v) is 3.45. The molecule has 27 heavy (non-hydrogen) atoms. The van der Waals surface area contributed by atoms with Crippen molar-refractivity contribution in [3.63, 3.8) is 0 Å². The van der Waals surface area contributed by atoms with E-state index >= 15 is 0 Å². The number of halogens is 1. The maximum Gasteiger partial charge on any atom is 0.475 e. The second-order valence-electron chi connectivity index (χ2n) is 6.51. The molecule has 1 aliphatic heterocycles. The van der Waals surface area contributed by atoms with Gasteiger partial charge in [-0.3, -0.25) is 4.79 Å². The second-order valence-corrected chi connectivity index (χ2v) is 6.92. The Kier molecular flexibility index (Phi) is 6.26. The molecule has 2 aromatic carbocycles. The summed E-state index contributed by atoms with van der Waals surface area (Å²) in [6.45, 7) is 0.386. The summed E-state index contributed by atoms with van der Waals surface area (Å²) in [5.41, 5.74) is 1.72. The Morgan fingerprint density at radius 3 is 2.74 bits per heavy atom. The highest BCUT2D eigenvalue weighted by Crippen LogP contribution is 2.41. The van der Waals surface area contributed by atoms with E-state index in [0.29, 0.717) is 29.5 Å². The smallest absolute Gasteiger partial charge is 0.475 e. The molecule has 142 valence electrons. The second kappa shape index (κ2) is 8.65. The molecule has 1 heterocycles. The first-order valence-electron chi connectivity index (χ1n) is 8.67. The van der Waals surface area contributed by atoms with Gasteiger partial charge in [0.2, 0.25) is 5.91 Å². The number of methoxy groups -OCH3 is 1. The fraction of sp³-hybridized carbons (Fsp3) is 0.316. The van der Waals surface area contributed by atoms with Crippen LogP contribution in [0.25, 0.3) is 0 Å². The molecule has 0 radical (unpaired) electrons. The van der Waals surface area contributed by atoms with Crippen molar-refractivity contribution >= 4 is 24.6 Å². The number of hydrogen-bond acceptors (Lipinski definition) is 5. The third-order valence-electron chi connectivity index (χ3n) is 4.63. The average molecular weight is 390 g/mol. The van der Waals surface area contributed by atoms with Gasteiger partial charge < -0.3 is 24.8 Å². The molecule has 0 aromatic heterocycles. The van der Waals surface area contributed by atoms with Crippen LogP contribution in [0.1, 0.15) is 23.5 Å². The lowest BCUT2D eigenvalue weighted by Crippen LogP contribution is -2.47. The fourth-order valence-electron chi connectivity index (χ4n) is 3.22. The number of benzene rings is 2. The van der Waals surface area contributed by atoms with Gasteiger partial charge in [0.05, 0.1) is 31.1 Å². The molecule has 3 rings (SSSR count). The molecule has 1 aliphatic rings. The first-order chi connectivity index (χ1) is 13.0. The van der Waals surface area contributed by atoms with E-state index in [2.05, 4.69) is 5.32 Å². The van der Waals surface area contributed by atoms with Gasteiger partial charge in [-0.05, 0) is 30.2 Å². The predicted octanol–water partition coefficient (Wildman–Crippen LogP) is 1.95. The topological polar surface area (TPSA) is 88.0 Å². The van der Waals surface area contributed by atoms with Gasteiger partial charge in [-0.1, -0.05) is 35.9 Å². The standard InChI is InChI=1S/C19H21BClNO5/c1-26-14-7-5-12(6-8-14)9-18(23)22-17(20(24)25)10-13-11-27-19-15(13)3-2-4-16(19)21/h2-8,13,17,24-25H,9-11H2,1H3,(H,22,23)/t13-,17-/m1/s1. The van der Waals surface area contributed by atoms with E-state index in [1.54, 1.807) is 37.4 Å². The summed E-state index contributed by atoms with van der Waals surface area (Å²) in [7, 11) is -0.0967. The van der Waals surface area contributed by atoms with Crippen LogP contribution in [0.3, 0.4) is 0 Å². The minimum Gasteiger partial charge on any atom is -0.497 e. The molecule has 0 spiro atoms. The molecule has 8 heteroatoms. The van der Waals surface area contributed by atoms with Crippen LogP contribution >= 0.6 is 11.6 Å². The molecular formula is C19H21BClNO5. The summed E-state index contributed by atoms with van der Waals surface area (Å²) in [5.74, 6) is 0.158. The van der Waals surface area contributed by atoms with Gasteiger partial charge in [-0.2, -0.15) is 0 Å². The van der Waals surface area contributed by atoms with Crippen molar-refractivity contribution in [2.75, 3.05) is 13.7 Å². The molecular weight excluding hydrogens is 368 g/mol. The largest absolute Gasteiger partial charge is 0.497 e. The zero-order valence-corrected chi connectivity index (χ0v) is 15.6. The van der Waals surface area contributed by atoms with Crippen molar-refractivity contribution in [2.45, 2.75) is 24.7 Å². The summed E-state index contributed by atoms with van der Waals surface area (Å²) in [6, 6.07) is 12.6. The summed E-state index contributed by atoms with van der Waals surface area (Å²) in [6.07, 6.45) is 0.468. The molecule has 0 bridgehead atoms. The Morgan fingerprint density at radius 1 is 1.33 bits per heavy atom. The summed E-state index contributed by atoms with van der Waals surface area (Å²) < 4.78 is 10.7. The minimum atomic E-state index is -1.67. The lowest BCUT2D eigenvalue weighted by molar-refractivity contribution is -0.120. The minimum absolute atomic E-state index is 0.0770. The van der Waals surface area contributed by atoms with E-state index in [9.17, 15) is 14.8 Å². The number of carbonyl (C=O) groups is 1. The van der Waals surface area contributed by atoms with E-state index in [0.717, 1.165) is 11.1 Å². The number of ether oxygens (including phenoxy) is 2. The summed E-state index contributed by atoms with van der Waals surface area (Å²) >= 11 is 6.13. The maximum atomic E-state index is 12.3. The van der Waals surface area contributed by atoms with Gasteiger partial charge in [0, 0.05) is 11.5 Å². The predicted molar refractivity (Wildman–Crippen MR) is 103 cm³/mol. The summed E-state index contributed by atoms with van der Waals surface area (Å²) in [4.78, 5) is 12.3. The Balaban J connectivity index is 1.63. The number of fused-ring (bicyclic) bond motifs is 1. The van der Waals surface area contributed by atoms with E-state index in [1.807, 2.05) is 12.1 Å². The highest BCUT2D eigenvalue weighted by Gasteiger charge is 2.33.